The normalized spacial score (nSPS) is 11.1. The zero-order chi connectivity index (χ0) is 11.4. The summed E-state index contributed by atoms with van der Waals surface area (Å²) >= 11 is 0. The Kier molecular flexibility index (Phi) is 3.62. The quantitative estimate of drug-likeness (QED) is 0.827. The molecule has 3 nitrogen and oxygen atoms in total. The molecule has 0 aliphatic carbocycles. The molecule has 0 saturated carbocycles. The van der Waals surface area contributed by atoms with Gasteiger partial charge in [0.2, 0.25) is 0 Å². The van der Waals surface area contributed by atoms with E-state index in [4.69, 9.17) is 4.52 Å². The van der Waals surface area contributed by atoms with Gasteiger partial charge in [-0.05, 0) is 21.9 Å². The second kappa shape index (κ2) is 5.17. The molecule has 0 fully saturated rings. The molecule has 2 aromatic carbocycles. The van der Waals surface area contributed by atoms with E-state index < -0.39 is 0 Å². The molecule has 0 unspecified atom stereocenters. The van der Waals surface area contributed by atoms with Gasteiger partial charge < -0.3 is 5.11 Å². The lowest BCUT2D eigenvalue weighted by Crippen LogP contribution is -1.92. The van der Waals surface area contributed by atoms with Gasteiger partial charge in [-0.15, -0.1) is 0 Å². The first-order valence-corrected chi connectivity index (χ1v) is 5.65. The topological polar surface area (TPSA) is 46.5 Å². The maximum atomic E-state index is 10.3. The van der Waals surface area contributed by atoms with Gasteiger partial charge in [0.1, 0.15) is 0 Å². The van der Waals surface area contributed by atoms with E-state index in [0.29, 0.717) is 0 Å². The molecule has 0 amide bonds. The van der Waals surface area contributed by atoms with E-state index in [1.807, 2.05) is 36.4 Å². The standard InChI is InChI=1S/C12H11O3P/c13-7-10-5-1-3-9-4-2-6-11(12(9)10)8-15-16-14/h1-6,13H,7-8H2. The molecule has 0 spiro atoms. The molecule has 0 heterocycles. The Morgan fingerprint density at radius 2 is 1.81 bits per heavy atom. The van der Waals surface area contributed by atoms with Crippen LogP contribution in [0.25, 0.3) is 10.8 Å². The van der Waals surface area contributed by atoms with E-state index in [-0.39, 0.29) is 21.9 Å². The van der Waals surface area contributed by atoms with Crippen molar-refractivity contribution < 1.29 is 14.2 Å². The van der Waals surface area contributed by atoms with Crippen molar-refractivity contribution in [2.75, 3.05) is 0 Å². The summed E-state index contributed by atoms with van der Waals surface area (Å²) in [5, 5.41) is 11.3. The van der Waals surface area contributed by atoms with Crippen molar-refractivity contribution in [1.29, 1.82) is 0 Å². The second-order valence-corrected chi connectivity index (χ2v) is 3.85. The average molecular weight is 234 g/mol. The molecular formula is C12H11O3P. The Morgan fingerprint density at radius 3 is 2.44 bits per heavy atom. The number of fused-ring (bicyclic) bond motifs is 1. The second-order valence-electron chi connectivity index (χ2n) is 3.44. The molecule has 0 radical (unpaired) electrons. The molecule has 0 saturated heterocycles. The molecule has 1 N–H and O–H groups in total. The lowest BCUT2D eigenvalue weighted by atomic mass is 10.00. The third kappa shape index (κ3) is 2.12. The highest BCUT2D eigenvalue weighted by Gasteiger charge is 2.05. The average Bonchev–Trinajstić information content (AvgIpc) is 2.35. The van der Waals surface area contributed by atoms with E-state index in [1.165, 1.54) is 0 Å². The number of hydrogen-bond donors (Lipinski definition) is 1. The van der Waals surface area contributed by atoms with Crippen LogP contribution in [0.5, 0.6) is 0 Å². The van der Waals surface area contributed by atoms with Crippen molar-refractivity contribution in [3.05, 3.63) is 47.5 Å². The van der Waals surface area contributed by atoms with Gasteiger partial charge in [-0.3, -0.25) is 4.52 Å². The van der Waals surface area contributed by atoms with Gasteiger partial charge in [-0.1, -0.05) is 36.4 Å². The third-order valence-electron chi connectivity index (χ3n) is 2.52. The van der Waals surface area contributed by atoms with E-state index in [2.05, 4.69) is 0 Å². The highest BCUT2D eigenvalue weighted by molar-refractivity contribution is 7.17. The van der Waals surface area contributed by atoms with Gasteiger partial charge >= 0.3 is 8.69 Å². The van der Waals surface area contributed by atoms with Crippen molar-refractivity contribution in [2.45, 2.75) is 13.2 Å². The number of rotatable bonds is 4. The number of hydrogen-bond acceptors (Lipinski definition) is 3. The minimum Gasteiger partial charge on any atom is -0.392 e. The van der Waals surface area contributed by atoms with Crippen LogP contribution in [0.1, 0.15) is 11.1 Å². The minimum atomic E-state index is -0.327. The summed E-state index contributed by atoms with van der Waals surface area (Å²) in [4.78, 5) is 0. The Balaban J connectivity index is 2.58. The molecule has 0 aromatic heterocycles. The Bertz CT molecular complexity index is 505. The summed E-state index contributed by atoms with van der Waals surface area (Å²) in [6.45, 7) is 0.267. The van der Waals surface area contributed by atoms with Gasteiger partial charge in [-0.2, -0.15) is 0 Å². The lowest BCUT2D eigenvalue weighted by Gasteiger charge is -2.08. The fourth-order valence-corrected chi connectivity index (χ4v) is 2.04. The zero-order valence-corrected chi connectivity index (χ0v) is 9.48. The summed E-state index contributed by atoms with van der Waals surface area (Å²) in [6.07, 6.45) is 0. The first-order valence-electron chi connectivity index (χ1n) is 4.92. The predicted molar refractivity (Wildman–Crippen MR) is 62.3 cm³/mol. The Hall–Kier alpha value is -1.28. The van der Waals surface area contributed by atoms with Gasteiger partial charge in [0.25, 0.3) is 0 Å². The monoisotopic (exact) mass is 234 g/mol. The van der Waals surface area contributed by atoms with Crippen LogP contribution in [-0.2, 0) is 22.3 Å². The molecule has 0 aliphatic heterocycles. The van der Waals surface area contributed by atoms with Crippen LogP contribution in [0.15, 0.2) is 36.4 Å². The molecule has 4 heteroatoms. The maximum Gasteiger partial charge on any atom is 0.327 e. The summed E-state index contributed by atoms with van der Waals surface area (Å²) in [7, 11) is -0.327. The van der Waals surface area contributed by atoms with E-state index >= 15 is 0 Å². The van der Waals surface area contributed by atoms with Crippen LogP contribution in [0, 0.1) is 0 Å². The molecule has 0 atom stereocenters. The first kappa shape index (κ1) is 11.2. The lowest BCUT2D eigenvalue weighted by molar-refractivity contribution is 0.283. The Morgan fingerprint density at radius 1 is 1.12 bits per heavy atom. The van der Waals surface area contributed by atoms with Crippen molar-refractivity contribution in [2.24, 2.45) is 0 Å². The summed E-state index contributed by atoms with van der Waals surface area (Å²) in [5.41, 5.74) is 1.80. The molecule has 2 aromatic rings. The Labute approximate surface area is 95.0 Å². The summed E-state index contributed by atoms with van der Waals surface area (Å²) < 4.78 is 15.2. The molecular weight excluding hydrogens is 223 g/mol. The SMILES string of the molecule is O=POCc1cccc2cccc(CO)c12. The number of aliphatic hydroxyl groups is 1. The largest absolute Gasteiger partial charge is 0.392 e. The van der Waals surface area contributed by atoms with E-state index in [1.54, 1.807) is 0 Å². The molecule has 0 aliphatic rings. The van der Waals surface area contributed by atoms with Gasteiger partial charge in [0.05, 0.1) is 13.2 Å². The third-order valence-corrected chi connectivity index (χ3v) is 2.75. The van der Waals surface area contributed by atoms with E-state index in [0.717, 1.165) is 21.9 Å². The van der Waals surface area contributed by atoms with Crippen LogP contribution in [0.3, 0.4) is 0 Å². The van der Waals surface area contributed by atoms with Crippen LogP contribution in [0.4, 0.5) is 0 Å². The fraction of sp³-hybridized carbons (Fsp3) is 0.167. The highest BCUT2D eigenvalue weighted by atomic mass is 31.1. The van der Waals surface area contributed by atoms with Crippen molar-refractivity contribution in [3.63, 3.8) is 0 Å². The fourth-order valence-electron chi connectivity index (χ4n) is 1.85. The minimum absolute atomic E-state index is 0.0105. The molecule has 16 heavy (non-hydrogen) atoms. The molecule has 82 valence electrons. The van der Waals surface area contributed by atoms with Gasteiger partial charge in [-0.25, -0.2) is 4.57 Å². The summed E-state index contributed by atoms with van der Waals surface area (Å²) in [5.74, 6) is 0. The van der Waals surface area contributed by atoms with Crippen molar-refractivity contribution >= 4 is 19.5 Å². The summed E-state index contributed by atoms with van der Waals surface area (Å²) in [6, 6.07) is 11.6. The van der Waals surface area contributed by atoms with Crippen LogP contribution >= 0.6 is 8.69 Å². The first-order chi connectivity index (χ1) is 7.86. The maximum absolute atomic E-state index is 10.3. The van der Waals surface area contributed by atoms with Crippen LogP contribution < -0.4 is 0 Å². The molecule has 2 rings (SSSR count). The van der Waals surface area contributed by atoms with Gasteiger partial charge in [0, 0.05) is 0 Å². The van der Waals surface area contributed by atoms with E-state index in [9.17, 15) is 9.67 Å². The van der Waals surface area contributed by atoms with Crippen molar-refractivity contribution in [1.82, 2.24) is 0 Å². The predicted octanol–water partition coefficient (Wildman–Crippen LogP) is 3.06. The van der Waals surface area contributed by atoms with Gasteiger partial charge in [0.15, 0.2) is 0 Å². The smallest absolute Gasteiger partial charge is 0.327 e. The highest BCUT2D eigenvalue weighted by Crippen LogP contribution is 2.24. The number of aliphatic hydroxyl groups excluding tert-OH is 1. The van der Waals surface area contributed by atoms with Crippen LogP contribution in [-0.4, -0.2) is 5.11 Å². The number of benzene rings is 2. The molecule has 0 bridgehead atoms. The zero-order valence-electron chi connectivity index (χ0n) is 8.59. The van der Waals surface area contributed by atoms with Crippen molar-refractivity contribution in [3.8, 4) is 0 Å². The van der Waals surface area contributed by atoms with Crippen LogP contribution in [0.2, 0.25) is 0 Å².